The molecule has 0 radical (unpaired) electrons. The Morgan fingerprint density at radius 2 is 1.75 bits per heavy atom. The summed E-state index contributed by atoms with van der Waals surface area (Å²) in [7, 11) is 1.56. The van der Waals surface area contributed by atoms with Gasteiger partial charge >= 0.3 is 0 Å². The van der Waals surface area contributed by atoms with Crippen molar-refractivity contribution in [3.63, 3.8) is 0 Å². The number of nitrogens with zero attached hydrogens (tertiary/aromatic N) is 2. The Morgan fingerprint density at radius 1 is 1.07 bits per heavy atom. The van der Waals surface area contributed by atoms with E-state index in [1.165, 1.54) is 4.90 Å². The van der Waals surface area contributed by atoms with Gasteiger partial charge in [-0.2, -0.15) is 0 Å². The molecule has 0 aliphatic carbocycles. The molecule has 2 aromatic carbocycles. The van der Waals surface area contributed by atoms with Crippen LogP contribution < -0.4 is 15.5 Å². The van der Waals surface area contributed by atoms with E-state index in [0.717, 1.165) is 24.3 Å². The fourth-order valence-electron chi connectivity index (χ4n) is 7.31. The van der Waals surface area contributed by atoms with Gasteiger partial charge in [0.05, 0.1) is 30.1 Å². The first kappa shape index (κ1) is 28.1. The van der Waals surface area contributed by atoms with Gasteiger partial charge in [0, 0.05) is 31.5 Å². The summed E-state index contributed by atoms with van der Waals surface area (Å²) in [5.74, 6) is -2.48. The van der Waals surface area contributed by atoms with Gasteiger partial charge < -0.3 is 30.3 Å². The third kappa shape index (κ3) is 4.45. The van der Waals surface area contributed by atoms with Gasteiger partial charge in [-0.1, -0.05) is 30.3 Å². The summed E-state index contributed by atoms with van der Waals surface area (Å²) in [6.45, 7) is 7.47. The molecule has 2 bridgehead atoms. The van der Waals surface area contributed by atoms with Crippen LogP contribution >= 0.6 is 0 Å². The Bertz CT molecular complexity index is 1250. The number of nitrogens with one attached hydrogen (secondary N) is 2. The van der Waals surface area contributed by atoms with Crippen molar-refractivity contribution in [2.75, 3.05) is 37.0 Å². The van der Waals surface area contributed by atoms with Crippen molar-refractivity contribution < 1.29 is 24.2 Å². The third-order valence-electron chi connectivity index (χ3n) is 9.17. The van der Waals surface area contributed by atoms with Crippen LogP contribution in [0.4, 0.5) is 11.4 Å². The van der Waals surface area contributed by atoms with Gasteiger partial charge in [-0.25, -0.2) is 0 Å². The number of ether oxygens (including phenoxy) is 1. The smallest absolute Gasteiger partial charge is 0.250 e. The maximum Gasteiger partial charge on any atom is 0.250 e. The normalized spacial score (nSPS) is 29.3. The average Bonchev–Trinajstić information content (AvgIpc) is 3.54. The van der Waals surface area contributed by atoms with Crippen molar-refractivity contribution >= 4 is 29.1 Å². The number of fused-ring (bicyclic) bond motifs is 1. The molecule has 6 atom stereocenters. The molecule has 214 valence electrons. The lowest BCUT2D eigenvalue weighted by Gasteiger charge is -2.37. The van der Waals surface area contributed by atoms with Crippen molar-refractivity contribution in [1.29, 1.82) is 0 Å². The van der Waals surface area contributed by atoms with Crippen LogP contribution in [0.3, 0.4) is 0 Å². The molecular weight excluding hydrogens is 508 g/mol. The first-order valence-corrected chi connectivity index (χ1v) is 14.3. The lowest BCUT2D eigenvalue weighted by Crippen LogP contribution is -2.57. The van der Waals surface area contributed by atoms with E-state index in [2.05, 4.69) is 29.4 Å². The summed E-state index contributed by atoms with van der Waals surface area (Å²) in [5, 5.41) is 16.3. The second-order valence-electron chi connectivity index (χ2n) is 11.3. The number of anilines is 2. The van der Waals surface area contributed by atoms with E-state index in [-0.39, 0.29) is 24.3 Å². The molecule has 2 aromatic rings. The van der Waals surface area contributed by atoms with Gasteiger partial charge in [0.2, 0.25) is 17.7 Å². The van der Waals surface area contributed by atoms with E-state index in [0.29, 0.717) is 24.9 Å². The van der Waals surface area contributed by atoms with Crippen LogP contribution in [0.15, 0.2) is 54.6 Å². The van der Waals surface area contributed by atoms with E-state index in [1.807, 2.05) is 61.5 Å². The largest absolute Gasteiger partial charge is 0.394 e. The highest BCUT2D eigenvalue weighted by atomic mass is 16.5. The van der Waals surface area contributed by atoms with Crippen LogP contribution in [0, 0.1) is 11.8 Å². The fraction of sp³-hybridized carbons (Fsp3) is 0.516. The molecule has 3 saturated heterocycles. The number of hydrogen-bond acceptors (Lipinski definition) is 6. The van der Waals surface area contributed by atoms with Crippen molar-refractivity contribution in [2.24, 2.45) is 11.8 Å². The van der Waals surface area contributed by atoms with E-state index in [1.54, 1.807) is 7.05 Å². The van der Waals surface area contributed by atoms with Crippen LogP contribution in [0.25, 0.3) is 0 Å². The maximum absolute atomic E-state index is 14.3. The van der Waals surface area contributed by atoms with Crippen molar-refractivity contribution in [3.05, 3.63) is 60.2 Å². The average molecular weight is 549 g/mol. The summed E-state index contributed by atoms with van der Waals surface area (Å²) < 4.78 is 6.63. The minimum Gasteiger partial charge on any atom is -0.394 e. The Morgan fingerprint density at radius 3 is 2.35 bits per heavy atom. The number of carbonyl (C=O) groups excluding carboxylic acids is 3. The monoisotopic (exact) mass is 548 g/mol. The summed E-state index contributed by atoms with van der Waals surface area (Å²) in [4.78, 5) is 45.3. The molecule has 3 aliphatic heterocycles. The standard InChI is InChI=1S/C31H40N4O5/c1-5-34(6-2)22-14-12-21(13-15-22)33-28(38)26-31-17-16-30(3,40-31)24(27(37)32-4)25(31)29(39)35(26)23(19-36)18-20-10-8-7-9-11-20/h7-15,23-26,36H,5-6,16-19H2,1-4H3,(H,32,37)(H,33,38)/t23-,24-,25+,26?,30+,31?/m1/s1. The van der Waals surface area contributed by atoms with E-state index in [9.17, 15) is 19.5 Å². The Kier molecular flexibility index (Phi) is 7.63. The van der Waals surface area contributed by atoms with Crippen LogP contribution in [-0.2, 0) is 25.5 Å². The molecule has 0 saturated carbocycles. The zero-order valence-electron chi connectivity index (χ0n) is 23.7. The summed E-state index contributed by atoms with van der Waals surface area (Å²) in [6, 6.07) is 15.6. The summed E-state index contributed by atoms with van der Waals surface area (Å²) in [6.07, 6.45) is 1.41. The molecule has 1 spiro atoms. The molecule has 9 nitrogen and oxygen atoms in total. The number of carbonyl (C=O) groups is 3. The zero-order valence-corrected chi connectivity index (χ0v) is 23.7. The number of aliphatic hydroxyl groups excluding tert-OH is 1. The molecule has 9 heteroatoms. The number of amides is 3. The van der Waals surface area contributed by atoms with Gasteiger partial charge in [-0.05, 0) is 69.9 Å². The van der Waals surface area contributed by atoms with Crippen molar-refractivity contribution in [1.82, 2.24) is 10.2 Å². The molecule has 3 fully saturated rings. The number of likely N-dealkylation sites (tertiary alicyclic amines) is 1. The summed E-state index contributed by atoms with van der Waals surface area (Å²) >= 11 is 0. The van der Waals surface area contributed by atoms with Gasteiger partial charge in [0.25, 0.3) is 0 Å². The Labute approximate surface area is 235 Å². The molecule has 3 N–H and O–H groups in total. The second-order valence-corrected chi connectivity index (χ2v) is 11.3. The van der Waals surface area contributed by atoms with Gasteiger partial charge in [0.1, 0.15) is 11.6 Å². The topological polar surface area (TPSA) is 111 Å². The molecule has 5 rings (SSSR count). The first-order chi connectivity index (χ1) is 19.2. The van der Waals surface area contributed by atoms with Crippen LogP contribution in [0.5, 0.6) is 0 Å². The number of aliphatic hydroxyl groups is 1. The van der Waals surface area contributed by atoms with Gasteiger partial charge in [-0.3, -0.25) is 14.4 Å². The minimum absolute atomic E-state index is 0.265. The lowest BCUT2D eigenvalue weighted by atomic mass is 9.66. The Balaban J connectivity index is 1.52. The molecule has 3 amide bonds. The van der Waals surface area contributed by atoms with E-state index < -0.39 is 35.1 Å². The van der Waals surface area contributed by atoms with Crippen LogP contribution in [0.2, 0.25) is 0 Å². The summed E-state index contributed by atoms with van der Waals surface area (Å²) in [5.41, 5.74) is 0.610. The predicted molar refractivity (Wildman–Crippen MR) is 153 cm³/mol. The lowest BCUT2D eigenvalue weighted by molar-refractivity contribution is -0.147. The second kappa shape index (κ2) is 10.9. The van der Waals surface area contributed by atoms with E-state index >= 15 is 0 Å². The molecule has 3 aliphatic rings. The maximum atomic E-state index is 14.3. The molecule has 2 unspecified atom stereocenters. The minimum atomic E-state index is -1.15. The SMILES string of the molecule is CCN(CC)c1ccc(NC(=O)C2N([C@@H](CO)Cc3ccccc3)C(=O)[C@@H]3[C@H](C(=O)NC)[C@]4(C)CCC23O4)cc1. The third-order valence-corrected chi connectivity index (χ3v) is 9.17. The number of benzene rings is 2. The number of rotatable bonds is 10. The van der Waals surface area contributed by atoms with Crippen LogP contribution in [0.1, 0.15) is 39.2 Å². The highest BCUT2D eigenvalue weighted by molar-refractivity contribution is 6.04. The highest BCUT2D eigenvalue weighted by Gasteiger charge is 2.78. The highest BCUT2D eigenvalue weighted by Crippen LogP contribution is 2.63. The van der Waals surface area contributed by atoms with Crippen molar-refractivity contribution in [2.45, 2.75) is 63.3 Å². The predicted octanol–water partition coefficient (Wildman–Crippen LogP) is 2.59. The van der Waals surface area contributed by atoms with E-state index in [4.69, 9.17) is 4.74 Å². The molecule has 3 heterocycles. The van der Waals surface area contributed by atoms with Gasteiger partial charge in [0.15, 0.2) is 0 Å². The fourth-order valence-corrected chi connectivity index (χ4v) is 7.31. The quantitative estimate of drug-likeness (QED) is 0.421. The van der Waals surface area contributed by atoms with Crippen molar-refractivity contribution in [3.8, 4) is 0 Å². The Hall–Kier alpha value is -3.43. The van der Waals surface area contributed by atoms with Crippen LogP contribution in [-0.4, -0.2) is 77.8 Å². The zero-order chi connectivity index (χ0) is 28.7. The number of hydrogen-bond donors (Lipinski definition) is 3. The molecule has 40 heavy (non-hydrogen) atoms. The first-order valence-electron chi connectivity index (χ1n) is 14.3. The van der Waals surface area contributed by atoms with Gasteiger partial charge in [-0.15, -0.1) is 0 Å². The molecule has 0 aromatic heterocycles. The molecular formula is C31H40N4O5.